The van der Waals surface area contributed by atoms with Crippen molar-refractivity contribution in [1.29, 1.82) is 0 Å². The van der Waals surface area contributed by atoms with Crippen LogP contribution in [0.5, 0.6) is 0 Å². The number of nitrogens with zero attached hydrogens (tertiary/aromatic N) is 3. The Hall–Kier alpha value is -1.82. The molecule has 2 heterocycles. The van der Waals surface area contributed by atoms with Gasteiger partial charge in [-0.2, -0.15) is 0 Å². The summed E-state index contributed by atoms with van der Waals surface area (Å²) >= 11 is 0. The highest BCUT2D eigenvalue weighted by Gasteiger charge is 2.18. The minimum absolute atomic E-state index is 0.345. The predicted molar refractivity (Wildman–Crippen MR) is 87.1 cm³/mol. The summed E-state index contributed by atoms with van der Waals surface area (Å²) in [6.45, 7) is 11.1. The van der Waals surface area contributed by atoms with Crippen LogP contribution in [0.4, 0.5) is 10.5 Å². The van der Waals surface area contributed by atoms with Gasteiger partial charge in [0.15, 0.2) is 0 Å². The first-order chi connectivity index (χ1) is 10.4. The number of anilines is 1. The van der Waals surface area contributed by atoms with Gasteiger partial charge in [-0.05, 0) is 32.9 Å². The van der Waals surface area contributed by atoms with Crippen LogP contribution in [0.2, 0.25) is 0 Å². The highest BCUT2D eigenvalue weighted by molar-refractivity contribution is 5.67. The Labute approximate surface area is 132 Å². The van der Waals surface area contributed by atoms with Crippen LogP contribution in [0, 0.1) is 0 Å². The Morgan fingerprint density at radius 1 is 1.23 bits per heavy atom. The zero-order chi connectivity index (χ0) is 16.0. The molecule has 1 aromatic heterocycles. The summed E-state index contributed by atoms with van der Waals surface area (Å²) < 4.78 is 5.22. The fraction of sp³-hybridized carbons (Fsp3) is 0.625. The van der Waals surface area contributed by atoms with Gasteiger partial charge in [0.25, 0.3) is 0 Å². The number of carbonyl (C=O) groups excluding carboxylic acids is 1. The highest BCUT2D eigenvalue weighted by atomic mass is 16.6. The van der Waals surface area contributed by atoms with Crippen LogP contribution in [0.25, 0.3) is 0 Å². The third kappa shape index (κ3) is 5.52. The molecule has 0 spiro atoms. The number of piperazine rings is 1. The lowest BCUT2D eigenvalue weighted by Crippen LogP contribution is -2.48. The molecule has 0 unspecified atom stereocenters. The van der Waals surface area contributed by atoms with Crippen LogP contribution in [0.15, 0.2) is 24.5 Å². The lowest BCUT2D eigenvalue weighted by molar-refractivity contribution is 0.0521. The summed E-state index contributed by atoms with van der Waals surface area (Å²) in [5.74, 6) is 0. The van der Waals surface area contributed by atoms with E-state index < -0.39 is 5.60 Å². The van der Waals surface area contributed by atoms with Crippen molar-refractivity contribution in [3.63, 3.8) is 0 Å². The predicted octanol–water partition coefficient (Wildman–Crippen LogP) is 1.73. The molecule has 22 heavy (non-hydrogen) atoms. The van der Waals surface area contributed by atoms with E-state index in [0.717, 1.165) is 32.7 Å². The van der Waals surface area contributed by atoms with Crippen LogP contribution in [0.3, 0.4) is 0 Å². The van der Waals surface area contributed by atoms with Crippen LogP contribution in [-0.4, -0.2) is 60.8 Å². The van der Waals surface area contributed by atoms with E-state index in [9.17, 15) is 4.79 Å². The molecule has 0 bridgehead atoms. The molecular formula is C16H26N4O2. The van der Waals surface area contributed by atoms with Gasteiger partial charge in [-0.25, -0.2) is 4.79 Å². The van der Waals surface area contributed by atoms with Gasteiger partial charge < -0.3 is 15.0 Å². The fourth-order valence-corrected chi connectivity index (χ4v) is 2.41. The number of hydrogen-bond donors (Lipinski definition) is 1. The molecule has 6 nitrogen and oxygen atoms in total. The van der Waals surface area contributed by atoms with Gasteiger partial charge in [0.05, 0.1) is 0 Å². The van der Waals surface area contributed by atoms with E-state index in [1.54, 1.807) is 0 Å². The van der Waals surface area contributed by atoms with E-state index in [1.807, 2.05) is 45.3 Å². The van der Waals surface area contributed by atoms with Crippen LogP contribution in [0.1, 0.15) is 20.8 Å². The maximum absolute atomic E-state index is 11.6. The van der Waals surface area contributed by atoms with Crippen molar-refractivity contribution in [2.24, 2.45) is 0 Å². The molecule has 2 rings (SSSR count). The standard InChI is InChI=1S/C16H26N4O2/c1-16(2,3)22-15(21)18-8-9-19-10-12-20(13-11-19)14-4-6-17-7-5-14/h4-7H,8-13H2,1-3H3,(H,18,21). The van der Waals surface area contributed by atoms with Gasteiger partial charge in [-0.1, -0.05) is 0 Å². The van der Waals surface area contributed by atoms with Gasteiger partial charge in [0.1, 0.15) is 5.60 Å². The van der Waals surface area contributed by atoms with Crippen molar-refractivity contribution in [2.75, 3.05) is 44.2 Å². The van der Waals surface area contributed by atoms with Crippen molar-refractivity contribution in [1.82, 2.24) is 15.2 Å². The number of nitrogens with one attached hydrogen (secondary N) is 1. The quantitative estimate of drug-likeness (QED) is 0.918. The molecule has 1 aliphatic heterocycles. The molecule has 1 saturated heterocycles. The molecule has 1 aliphatic rings. The third-order valence-electron chi connectivity index (χ3n) is 3.50. The molecule has 0 saturated carbocycles. The first kappa shape index (κ1) is 16.5. The average Bonchev–Trinajstić information content (AvgIpc) is 2.47. The van der Waals surface area contributed by atoms with Gasteiger partial charge in [0.2, 0.25) is 0 Å². The Kier molecular flexibility index (Phi) is 5.60. The first-order valence-electron chi connectivity index (χ1n) is 7.78. The van der Waals surface area contributed by atoms with Crippen molar-refractivity contribution in [3.05, 3.63) is 24.5 Å². The molecule has 0 atom stereocenters. The molecule has 0 aromatic carbocycles. The Morgan fingerprint density at radius 3 is 2.45 bits per heavy atom. The maximum Gasteiger partial charge on any atom is 0.407 e. The molecule has 6 heteroatoms. The summed E-state index contributed by atoms with van der Waals surface area (Å²) in [7, 11) is 0. The van der Waals surface area contributed by atoms with E-state index >= 15 is 0 Å². The number of pyridine rings is 1. The zero-order valence-electron chi connectivity index (χ0n) is 13.7. The number of amides is 1. The average molecular weight is 306 g/mol. The molecule has 1 amide bonds. The third-order valence-corrected chi connectivity index (χ3v) is 3.50. The van der Waals surface area contributed by atoms with E-state index in [2.05, 4.69) is 20.1 Å². The largest absolute Gasteiger partial charge is 0.444 e. The van der Waals surface area contributed by atoms with E-state index in [0.29, 0.717) is 6.54 Å². The molecule has 122 valence electrons. The Morgan fingerprint density at radius 2 is 1.86 bits per heavy atom. The molecule has 1 fully saturated rings. The number of rotatable bonds is 4. The maximum atomic E-state index is 11.6. The molecule has 0 radical (unpaired) electrons. The SMILES string of the molecule is CC(C)(C)OC(=O)NCCN1CCN(c2ccncc2)CC1. The van der Waals surface area contributed by atoms with Crippen molar-refractivity contribution in [3.8, 4) is 0 Å². The second-order valence-corrected chi connectivity index (χ2v) is 6.46. The minimum atomic E-state index is -0.444. The molecule has 0 aliphatic carbocycles. The lowest BCUT2D eigenvalue weighted by Gasteiger charge is -2.36. The van der Waals surface area contributed by atoms with Gasteiger partial charge in [-0.3, -0.25) is 9.88 Å². The first-order valence-corrected chi connectivity index (χ1v) is 7.78. The van der Waals surface area contributed by atoms with Crippen LogP contribution < -0.4 is 10.2 Å². The summed E-state index contributed by atoms with van der Waals surface area (Å²) in [5, 5.41) is 2.80. The van der Waals surface area contributed by atoms with Crippen molar-refractivity contribution >= 4 is 11.8 Å². The number of alkyl carbamates (subject to hydrolysis) is 1. The number of hydrogen-bond acceptors (Lipinski definition) is 5. The second kappa shape index (κ2) is 7.45. The van der Waals surface area contributed by atoms with E-state index in [-0.39, 0.29) is 6.09 Å². The minimum Gasteiger partial charge on any atom is -0.444 e. The normalized spacial score (nSPS) is 16.4. The van der Waals surface area contributed by atoms with Crippen molar-refractivity contribution in [2.45, 2.75) is 26.4 Å². The number of aromatic nitrogens is 1. The van der Waals surface area contributed by atoms with Crippen LogP contribution >= 0.6 is 0 Å². The molecule has 1 N–H and O–H groups in total. The molecule has 1 aromatic rings. The number of ether oxygens (including phenoxy) is 1. The fourth-order valence-electron chi connectivity index (χ4n) is 2.41. The Bertz CT molecular complexity index is 465. The Balaban J connectivity index is 1.65. The van der Waals surface area contributed by atoms with Gasteiger partial charge in [-0.15, -0.1) is 0 Å². The van der Waals surface area contributed by atoms with E-state index in [4.69, 9.17) is 4.74 Å². The van der Waals surface area contributed by atoms with Gasteiger partial charge >= 0.3 is 6.09 Å². The van der Waals surface area contributed by atoms with E-state index in [1.165, 1.54) is 5.69 Å². The summed E-state index contributed by atoms with van der Waals surface area (Å²) in [6.07, 6.45) is 3.31. The molecular weight excluding hydrogens is 280 g/mol. The van der Waals surface area contributed by atoms with Gasteiger partial charge in [0, 0.05) is 57.3 Å². The highest BCUT2D eigenvalue weighted by Crippen LogP contribution is 2.14. The topological polar surface area (TPSA) is 57.7 Å². The monoisotopic (exact) mass is 306 g/mol. The zero-order valence-corrected chi connectivity index (χ0v) is 13.7. The smallest absolute Gasteiger partial charge is 0.407 e. The summed E-state index contributed by atoms with van der Waals surface area (Å²) in [4.78, 5) is 20.3. The lowest BCUT2D eigenvalue weighted by atomic mass is 10.2. The summed E-state index contributed by atoms with van der Waals surface area (Å²) in [6, 6.07) is 4.08. The second-order valence-electron chi connectivity index (χ2n) is 6.46. The van der Waals surface area contributed by atoms with Crippen LogP contribution in [-0.2, 0) is 4.74 Å². The van der Waals surface area contributed by atoms with Crippen molar-refractivity contribution < 1.29 is 9.53 Å². The number of carbonyl (C=O) groups is 1. The summed E-state index contributed by atoms with van der Waals surface area (Å²) in [5.41, 5.74) is 0.779.